The lowest BCUT2D eigenvalue weighted by atomic mass is 10.1. The highest BCUT2D eigenvalue weighted by atomic mass is 19.1. The van der Waals surface area contributed by atoms with Gasteiger partial charge in [0.25, 0.3) is 0 Å². The summed E-state index contributed by atoms with van der Waals surface area (Å²) in [6.07, 6.45) is 6.60. The molecule has 0 unspecified atom stereocenters. The number of nitrogens with zero attached hydrogens (tertiary/aromatic N) is 5. The molecule has 0 saturated carbocycles. The molecule has 10 heteroatoms. The van der Waals surface area contributed by atoms with E-state index in [0.717, 1.165) is 16.5 Å². The number of rotatable bonds is 5. The molecule has 5 heterocycles. The van der Waals surface area contributed by atoms with Crippen molar-refractivity contribution in [1.82, 2.24) is 35.1 Å². The molecule has 0 radical (unpaired) electrons. The third-order valence-corrected chi connectivity index (χ3v) is 6.03. The topological polar surface area (TPSA) is 125 Å². The van der Waals surface area contributed by atoms with Gasteiger partial charge in [0.2, 0.25) is 5.91 Å². The van der Waals surface area contributed by atoms with E-state index in [2.05, 4.69) is 35.5 Å². The molecule has 37 heavy (non-hydrogen) atoms. The Morgan fingerprint density at radius 2 is 1.86 bits per heavy atom. The second-order valence-corrected chi connectivity index (χ2v) is 8.91. The number of H-pyrrole nitrogens is 2. The molecule has 0 spiro atoms. The van der Waals surface area contributed by atoms with Crippen molar-refractivity contribution in [2.45, 2.75) is 13.8 Å². The molecule has 6 aromatic rings. The molecule has 9 nitrogen and oxygen atoms in total. The van der Waals surface area contributed by atoms with E-state index in [0.29, 0.717) is 45.2 Å². The van der Waals surface area contributed by atoms with E-state index in [4.69, 9.17) is 4.98 Å². The lowest BCUT2D eigenvalue weighted by molar-refractivity contribution is -0.118. The first-order valence-corrected chi connectivity index (χ1v) is 11.7. The molecule has 1 aromatic carbocycles. The summed E-state index contributed by atoms with van der Waals surface area (Å²) in [5.41, 5.74) is 5.40. The highest BCUT2D eigenvalue weighted by molar-refractivity contribution is 5.97. The second-order valence-electron chi connectivity index (χ2n) is 8.91. The fourth-order valence-electron chi connectivity index (χ4n) is 4.09. The highest BCUT2D eigenvalue weighted by Crippen LogP contribution is 2.32. The summed E-state index contributed by atoms with van der Waals surface area (Å²) in [5.74, 6) is -0.0911. The first kappa shape index (κ1) is 22.5. The number of carbonyl (C=O) groups is 1. The molecule has 1 amide bonds. The molecule has 5 aromatic heterocycles. The van der Waals surface area contributed by atoms with Gasteiger partial charge in [-0.25, -0.2) is 9.37 Å². The molecule has 0 atom stereocenters. The number of benzene rings is 1. The average molecular weight is 493 g/mol. The van der Waals surface area contributed by atoms with Crippen LogP contribution in [0.5, 0.6) is 0 Å². The minimum absolute atomic E-state index is 0.0892. The molecule has 0 aliphatic rings. The van der Waals surface area contributed by atoms with Gasteiger partial charge >= 0.3 is 0 Å². The van der Waals surface area contributed by atoms with Crippen LogP contribution in [0.15, 0.2) is 67.3 Å². The van der Waals surface area contributed by atoms with Crippen molar-refractivity contribution in [3.63, 3.8) is 0 Å². The van der Waals surface area contributed by atoms with E-state index in [1.54, 1.807) is 49.1 Å². The number of hydrogen-bond acceptors (Lipinski definition) is 6. The Hall–Kier alpha value is -4.99. The van der Waals surface area contributed by atoms with Crippen LogP contribution in [-0.2, 0) is 4.79 Å². The maximum Gasteiger partial charge on any atom is 0.226 e. The summed E-state index contributed by atoms with van der Waals surface area (Å²) >= 11 is 0. The second kappa shape index (κ2) is 8.90. The molecular weight excluding hydrogens is 471 g/mol. The van der Waals surface area contributed by atoms with Gasteiger partial charge in [-0.2, -0.15) is 5.10 Å². The molecule has 3 N–H and O–H groups in total. The van der Waals surface area contributed by atoms with Crippen molar-refractivity contribution in [2.24, 2.45) is 5.92 Å². The lowest BCUT2D eigenvalue weighted by Gasteiger charge is -2.08. The van der Waals surface area contributed by atoms with E-state index in [-0.39, 0.29) is 17.6 Å². The zero-order chi connectivity index (χ0) is 25.5. The summed E-state index contributed by atoms with van der Waals surface area (Å²) in [6, 6.07) is 12.0. The Morgan fingerprint density at radius 1 is 1.00 bits per heavy atom. The smallest absolute Gasteiger partial charge is 0.226 e. The van der Waals surface area contributed by atoms with Gasteiger partial charge in [-0.05, 0) is 30.3 Å². The standard InChI is InChI=1S/C27H21FN8O/c1-14(2)27(37)32-16-9-15(11-29-12-16)21-10-18-22(13-31-21)35-36-24(18)26-33-20-7-8-30-23(25(20)34-26)17-5-3-4-6-19(17)28/h3-14H,1-2H3,(H,32,37)(H,33,34)(H,35,36). The van der Waals surface area contributed by atoms with Crippen molar-refractivity contribution in [3.8, 4) is 34.0 Å². The predicted octanol–water partition coefficient (Wildman–Crippen LogP) is 5.36. The zero-order valence-corrected chi connectivity index (χ0v) is 20.0. The molecule has 0 aliphatic heterocycles. The van der Waals surface area contributed by atoms with Crippen LogP contribution in [0.4, 0.5) is 10.1 Å². The largest absolute Gasteiger partial charge is 0.336 e. The Balaban J connectivity index is 1.42. The molecular formula is C27H21FN8O. The number of amides is 1. The minimum Gasteiger partial charge on any atom is -0.336 e. The van der Waals surface area contributed by atoms with Gasteiger partial charge in [-0.15, -0.1) is 0 Å². The average Bonchev–Trinajstić information content (AvgIpc) is 3.53. The Kier molecular flexibility index (Phi) is 5.41. The SMILES string of the molecule is CC(C)C(=O)Nc1cncc(-c2cc3c(-c4nc5c(-c6ccccc6F)nccc5[nH]4)n[nH]c3cn2)c1. The lowest BCUT2D eigenvalue weighted by Crippen LogP contribution is -2.17. The Bertz CT molecular complexity index is 1790. The number of nitrogens with one attached hydrogen (secondary N) is 3. The fourth-order valence-corrected chi connectivity index (χ4v) is 4.09. The van der Waals surface area contributed by atoms with Crippen molar-refractivity contribution in [1.29, 1.82) is 0 Å². The first-order valence-electron chi connectivity index (χ1n) is 11.7. The van der Waals surface area contributed by atoms with Gasteiger partial charge in [0.05, 0.1) is 34.8 Å². The van der Waals surface area contributed by atoms with Gasteiger partial charge in [-0.1, -0.05) is 26.0 Å². The Labute approximate surface area is 210 Å². The monoisotopic (exact) mass is 492 g/mol. The van der Waals surface area contributed by atoms with Crippen LogP contribution in [0, 0.1) is 11.7 Å². The van der Waals surface area contributed by atoms with Gasteiger partial charge in [-0.3, -0.25) is 24.8 Å². The first-order chi connectivity index (χ1) is 18.0. The van der Waals surface area contributed by atoms with Gasteiger partial charge in [0, 0.05) is 34.8 Å². The van der Waals surface area contributed by atoms with E-state index < -0.39 is 0 Å². The minimum atomic E-state index is -0.367. The van der Waals surface area contributed by atoms with Crippen LogP contribution in [0.3, 0.4) is 0 Å². The third kappa shape index (κ3) is 4.08. The summed E-state index contributed by atoms with van der Waals surface area (Å²) in [5, 5.41) is 11.1. The van der Waals surface area contributed by atoms with Crippen molar-refractivity contribution >= 4 is 33.5 Å². The van der Waals surface area contributed by atoms with Crippen molar-refractivity contribution in [3.05, 3.63) is 73.1 Å². The number of hydrogen-bond donors (Lipinski definition) is 3. The number of carbonyl (C=O) groups excluding carboxylic acids is 1. The predicted molar refractivity (Wildman–Crippen MR) is 139 cm³/mol. The highest BCUT2D eigenvalue weighted by Gasteiger charge is 2.18. The number of aromatic amines is 2. The molecule has 0 aliphatic carbocycles. The van der Waals surface area contributed by atoms with Gasteiger partial charge < -0.3 is 10.3 Å². The number of aromatic nitrogens is 7. The number of pyridine rings is 3. The van der Waals surface area contributed by atoms with Gasteiger partial charge in [0.15, 0.2) is 5.82 Å². The van der Waals surface area contributed by atoms with Gasteiger partial charge in [0.1, 0.15) is 22.7 Å². The van der Waals surface area contributed by atoms with Crippen LogP contribution < -0.4 is 5.32 Å². The summed E-state index contributed by atoms with van der Waals surface area (Å²) in [6.45, 7) is 3.66. The summed E-state index contributed by atoms with van der Waals surface area (Å²) in [7, 11) is 0. The van der Waals surface area contributed by atoms with Crippen LogP contribution in [-0.4, -0.2) is 41.0 Å². The number of halogens is 1. The maximum absolute atomic E-state index is 14.5. The third-order valence-electron chi connectivity index (χ3n) is 6.03. The fraction of sp³-hybridized carbons (Fsp3) is 0.111. The van der Waals surface area contributed by atoms with Crippen LogP contribution in [0.1, 0.15) is 13.8 Å². The van der Waals surface area contributed by atoms with Crippen molar-refractivity contribution < 1.29 is 9.18 Å². The number of imidazole rings is 1. The van der Waals surface area contributed by atoms with E-state index in [1.807, 2.05) is 26.0 Å². The van der Waals surface area contributed by atoms with Crippen LogP contribution in [0.2, 0.25) is 0 Å². The van der Waals surface area contributed by atoms with Crippen LogP contribution in [0.25, 0.3) is 56.0 Å². The maximum atomic E-state index is 14.5. The zero-order valence-electron chi connectivity index (χ0n) is 20.0. The quantitative estimate of drug-likeness (QED) is 0.298. The van der Waals surface area contributed by atoms with E-state index >= 15 is 0 Å². The Morgan fingerprint density at radius 3 is 2.70 bits per heavy atom. The molecule has 182 valence electrons. The summed E-state index contributed by atoms with van der Waals surface area (Å²) in [4.78, 5) is 33.3. The summed E-state index contributed by atoms with van der Waals surface area (Å²) < 4.78 is 14.5. The molecule has 0 bridgehead atoms. The molecule has 0 fully saturated rings. The number of anilines is 1. The normalized spacial score (nSPS) is 11.5. The number of fused-ring (bicyclic) bond motifs is 2. The van der Waals surface area contributed by atoms with Crippen molar-refractivity contribution in [2.75, 3.05) is 5.32 Å². The molecule has 6 rings (SSSR count). The van der Waals surface area contributed by atoms with E-state index in [9.17, 15) is 9.18 Å². The van der Waals surface area contributed by atoms with Crippen LogP contribution >= 0.6 is 0 Å². The van der Waals surface area contributed by atoms with E-state index in [1.165, 1.54) is 6.07 Å². The molecule has 0 saturated heterocycles.